The van der Waals surface area contributed by atoms with E-state index in [0.717, 1.165) is 12.1 Å². The van der Waals surface area contributed by atoms with Gasteiger partial charge in [-0.25, -0.2) is 0 Å². The van der Waals surface area contributed by atoms with Gasteiger partial charge < -0.3 is 9.47 Å². The number of ether oxygens (including phenoxy) is 2. The lowest BCUT2D eigenvalue weighted by molar-refractivity contribution is -0.137. The molecule has 2 aromatic carbocycles. The number of benzene rings is 2. The molecule has 0 unspecified atom stereocenters. The van der Waals surface area contributed by atoms with Crippen LogP contribution in [-0.2, 0) is 6.18 Å². The SMILES string of the molecule is COc1cc(C=NNc2cccc(C(F)(F)F)c2)cc(Br)c1OC. The Bertz CT molecular complexity index is 749. The topological polar surface area (TPSA) is 42.8 Å². The quantitative estimate of drug-likeness (QED) is 0.569. The molecule has 0 fully saturated rings. The van der Waals surface area contributed by atoms with Crippen molar-refractivity contribution in [3.05, 3.63) is 52.0 Å². The largest absolute Gasteiger partial charge is 0.493 e. The van der Waals surface area contributed by atoms with Crippen LogP contribution in [0.15, 0.2) is 46.0 Å². The summed E-state index contributed by atoms with van der Waals surface area (Å²) in [4.78, 5) is 0. The lowest BCUT2D eigenvalue weighted by atomic mass is 10.2. The predicted molar refractivity (Wildman–Crippen MR) is 89.9 cm³/mol. The van der Waals surface area contributed by atoms with Gasteiger partial charge in [0, 0.05) is 0 Å². The zero-order valence-corrected chi connectivity index (χ0v) is 14.4. The first-order valence-electron chi connectivity index (χ1n) is 6.73. The summed E-state index contributed by atoms with van der Waals surface area (Å²) < 4.78 is 49.1. The monoisotopic (exact) mass is 402 g/mol. The molecule has 24 heavy (non-hydrogen) atoms. The zero-order valence-electron chi connectivity index (χ0n) is 12.8. The highest BCUT2D eigenvalue weighted by molar-refractivity contribution is 9.10. The summed E-state index contributed by atoms with van der Waals surface area (Å²) in [6, 6.07) is 8.24. The maximum Gasteiger partial charge on any atom is 0.416 e. The number of hydrogen-bond acceptors (Lipinski definition) is 4. The standard InChI is InChI=1S/C16H14BrF3N2O2/c1-23-14-7-10(6-13(17)15(14)24-2)9-21-22-12-5-3-4-11(8-12)16(18,19)20/h3-9,22H,1-2H3. The lowest BCUT2D eigenvalue weighted by Crippen LogP contribution is -2.05. The van der Waals surface area contributed by atoms with Crippen LogP contribution >= 0.6 is 15.9 Å². The Morgan fingerprint density at radius 3 is 2.50 bits per heavy atom. The van der Waals surface area contributed by atoms with Crippen LogP contribution < -0.4 is 14.9 Å². The van der Waals surface area contributed by atoms with Crippen LogP contribution in [0.3, 0.4) is 0 Å². The Kier molecular flexibility index (Phi) is 5.71. The highest BCUT2D eigenvalue weighted by atomic mass is 79.9. The Hall–Kier alpha value is -2.22. The van der Waals surface area contributed by atoms with Gasteiger partial charge in [0.05, 0.1) is 36.2 Å². The molecule has 0 saturated carbocycles. The smallest absolute Gasteiger partial charge is 0.416 e. The molecular formula is C16H14BrF3N2O2. The molecule has 0 heterocycles. The first-order valence-corrected chi connectivity index (χ1v) is 7.52. The summed E-state index contributed by atoms with van der Waals surface area (Å²) >= 11 is 3.36. The van der Waals surface area contributed by atoms with E-state index in [1.165, 1.54) is 32.6 Å². The van der Waals surface area contributed by atoms with Crippen LogP contribution in [0.25, 0.3) is 0 Å². The van der Waals surface area contributed by atoms with E-state index in [9.17, 15) is 13.2 Å². The normalized spacial score (nSPS) is 11.6. The molecule has 0 amide bonds. The highest BCUT2D eigenvalue weighted by Gasteiger charge is 2.30. The van der Waals surface area contributed by atoms with Gasteiger partial charge in [0.2, 0.25) is 0 Å². The fourth-order valence-electron chi connectivity index (χ4n) is 1.96. The van der Waals surface area contributed by atoms with Gasteiger partial charge in [-0.1, -0.05) is 6.07 Å². The molecule has 0 bridgehead atoms. The van der Waals surface area contributed by atoms with Gasteiger partial charge in [0.25, 0.3) is 0 Å². The number of halogens is 4. The highest BCUT2D eigenvalue weighted by Crippen LogP contribution is 2.36. The predicted octanol–water partition coefficient (Wildman–Crippen LogP) is 4.93. The zero-order chi connectivity index (χ0) is 17.7. The van der Waals surface area contributed by atoms with Crippen LogP contribution in [-0.4, -0.2) is 20.4 Å². The van der Waals surface area contributed by atoms with Gasteiger partial charge in [0.1, 0.15) is 0 Å². The van der Waals surface area contributed by atoms with Crippen LogP contribution in [0.5, 0.6) is 11.5 Å². The first-order chi connectivity index (χ1) is 11.3. The van der Waals surface area contributed by atoms with Crippen LogP contribution in [0.1, 0.15) is 11.1 Å². The van der Waals surface area contributed by atoms with Crippen LogP contribution in [0.4, 0.5) is 18.9 Å². The molecule has 0 aromatic heterocycles. The van der Waals surface area contributed by atoms with Crippen molar-refractivity contribution in [2.45, 2.75) is 6.18 Å². The molecule has 1 N–H and O–H groups in total. The molecule has 0 atom stereocenters. The fourth-order valence-corrected chi connectivity index (χ4v) is 2.58. The number of hydrogen-bond donors (Lipinski definition) is 1. The molecule has 2 aromatic rings. The maximum absolute atomic E-state index is 12.7. The molecule has 0 aliphatic heterocycles. The Morgan fingerprint density at radius 1 is 1.12 bits per heavy atom. The molecule has 0 aliphatic rings. The minimum Gasteiger partial charge on any atom is -0.493 e. The molecule has 0 radical (unpaired) electrons. The number of alkyl halides is 3. The van der Waals surface area contributed by atoms with Crippen molar-refractivity contribution in [3.8, 4) is 11.5 Å². The van der Waals surface area contributed by atoms with Crippen molar-refractivity contribution in [1.82, 2.24) is 0 Å². The van der Waals surface area contributed by atoms with Crippen molar-refractivity contribution in [1.29, 1.82) is 0 Å². The molecule has 8 heteroatoms. The summed E-state index contributed by atoms with van der Waals surface area (Å²) in [5, 5.41) is 3.95. The number of methoxy groups -OCH3 is 2. The van der Waals surface area contributed by atoms with Gasteiger partial charge >= 0.3 is 6.18 Å². The van der Waals surface area contributed by atoms with Gasteiger partial charge in [-0.05, 0) is 51.8 Å². The average Bonchev–Trinajstić information content (AvgIpc) is 2.54. The van der Waals surface area contributed by atoms with Gasteiger partial charge in [-0.15, -0.1) is 0 Å². The second-order valence-corrected chi connectivity index (χ2v) is 5.54. The molecule has 0 spiro atoms. The number of anilines is 1. The number of nitrogens with one attached hydrogen (secondary N) is 1. The lowest BCUT2D eigenvalue weighted by Gasteiger charge is -2.10. The third-order valence-corrected chi connectivity index (χ3v) is 3.64. The van der Waals surface area contributed by atoms with Crippen molar-refractivity contribution < 1.29 is 22.6 Å². The third-order valence-electron chi connectivity index (χ3n) is 3.05. The summed E-state index contributed by atoms with van der Waals surface area (Å²) in [5.74, 6) is 1.05. The number of hydrazone groups is 1. The van der Waals surface area contributed by atoms with E-state index < -0.39 is 11.7 Å². The van der Waals surface area contributed by atoms with Crippen molar-refractivity contribution in [2.24, 2.45) is 5.10 Å². The molecule has 128 valence electrons. The maximum atomic E-state index is 12.7. The van der Waals surface area contributed by atoms with Gasteiger partial charge in [0.15, 0.2) is 11.5 Å². The van der Waals surface area contributed by atoms with E-state index in [1.54, 1.807) is 12.1 Å². The summed E-state index contributed by atoms with van der Waals surface area (Å²) in [6.07, 6.45) is -2.93. The summed E-state index contributed by atoms with van der Waals surface area (Å²) in [6.45, 7) is 0. The second-order valence-electron chi connectivity index (χ2n) is 4.69. The van der Waals surface area contributed by atoms with Gasteiger partial charge in [-0.3, -0.25) is 5.43 Å². The average molecular weight is 403 g/mol. The summed E-state index contributed by atoms with van der Waals surface area (Å²) in [5.41, 5.74) is 2.75. The van der Waals surface area contributed by atoms with Crippen LogP contribution in [0.2, 0.25) is 0 Å². The van der Waals surface area contributed by atoms with Crippen molar-refractivity contribution in [3.63, 3.8) is 0 Å². The van der Waals surface area contributed by atoms with E-state index in [-0.39, 0.29) is 5.69 Å². The molecular weight excluding hydrogens is 389 g/mol. The van der Waals surface area contributed by atoms with Gasteiger partial charge in [-0.2, -0.15) is 18.3 Å². The fraction of sp³-hybridized carbons (Fsp3) is 0.188. The van der Waals surface area contributed by atoms with Crippen LogP contribution in [0, 0.1) is 0 Å². The minimum atomic E-state index is -4.39. The van der Waals surface area contributed by atoms with E-state index in [2.05, 4.69) is 26.5 Å². The Labute approximate surface area is 145 Å². The number of nitrogens with zero attached hydrogens (tertiary/aromatic N) is 1. The third kappa shape index (κ3) is 4.41. The Balaban J connectivity index is 2.16. The molecule has 0 aliphatic carbocycles. The van der Waals surface area contributed by atoms with Crippen molar-refractivity contribution >= 4 is 27.8 Å². The first kappa shape index (κ1) is 18.1. The van der Waals surface area contributed by atoms with E-state index in [0.29, 0.717) is 21.5 Å². The minimum absolute atomic E-state index is 0.237. The Morgan fingerprint density at radius 2 is 1.88 bits per heavy atom. The second kappa shape index (κ2) is 7.57. The van der Waals surface area contributed by atoms with E-state index in [4.69, 9.17) is 9.47 Å². The van der Waals surface area contributed by atoms with Crippen molar-refractivity contribution in [2.75, 3.05) is 19.6 Å². The number of rotatable bonds is 5. The summed E-state index contributed by atoms with van der Waals surface area (Å²) in [7, 11) is 3.03. The van der Waals surface area contributed by atoms with E-state index in [1.807, 2.05) is 0 Å². The molecule has 4 nitrogen and oxygen atoms in total. The molecule has 0 saturated heterocycles. The molecule has 2 rings (SSSR count). The van der Waals surface area contributed by atoms with E-state index >= 15 is 0 Å².